The number of carbonyl (C=O) groups is 3. The van der Waals surface area contributed by atoms with Crippen LogP contribution in [0.1, 0.15) is 45.0 Å². The van der Waals surface area contributed by atoms with E-state index in [0.717, 1.165) is 11.3 Å². The Kier molecular flexibility index (Phi) is 8.31. The Morgan fingerprint density at radius 1 is 1.03 bits per heavy atom. The highest BCUT2D eigenvalue weighted by molar-refractivity contribution is 7.80. The number of anilines is 2. The second-order valence-corrected chi connectivity index (χ2v) is 7.48. The van der Waals surface area contributed by atoms with E-state index in [9.17, 15) is 14.4 Å². The molecule has 0 atom stereocenters. The lowest BCUT2D eigenvalue weighted by Gasteiger charge is -2.11. The van der Waals surface area contributed by atoms with Crippen molar-refractivity contribution in [1.82, 2.24) is 0 Å². The van der Waals surface area contributed by atoms with Gasteiger partial charge in [-0.05, 0) is 56.2 Å². The molecule has 0 aliphatic heterocycles. The third kappa shape index (κ3) is 6.01. The first-order valence-electron chi connectivity index (χ1n) is 9.13. The number of nitrogens with one attached hydrogen (secondary N) is 2. The normalized spacial score (nSPS) is 10.2. The highest BCUT2D eigenvalue weighted by Gasteiger charge is 2.26. The fourth-order valence-corrected chi connectivity index (χ4v) is 3.97. The van der Waals surface area contributed by atoms with Crippen molar-refractivity contribution in [3.63, 3.8) is 0 Å². The predicted molar refractivity (Wildman–Crippen MR) is 119 cm³/mol. The fourth-order valence-electron chi connectivity index (χ4n) is 2.59. The van der Waals surface area contributed by atoms with Crippen LogP contribution in [0.25, 0.3) is 0 Å². The second-order valence-electron chi connectivity index (χ2n) is 6.05. The molecule has 30 heavy (non-hydrogen) atoms. The summed E-state index contributed by atoms with van der Waals surface area (Å²) in [4.78, 5) is 35.7. The Morgan fingerprint density at radius 3 is 2.20 bits per heavy atom. The number of thiocarbonyl (C=S) groups is 1. The fraction of sp³-hybridized carbons (Fsp3) is 0.300. The molecule has 0 unspecified atom stereocenters. The summed E-state index contributed by atoms with van der Waals surface area (Å²) in [5.41, 5.74) is 1.98. The molecule has 2 aromatic rings. The molecule has 1 aromatic carbocycles. The van der Waals surface area contributed by atoms with Gasteiger partial charge in [-0.15, -0.1) is 11.3 Å². The first-order valence-corrected chi connectivity index (χ1v) is 10.4. The number of benzene rings is 1. The van der Waals surface area contributed by atoms with Crippen LogP contribution in [0.4, 0.5) is 10.7 Å². The van der Waals surface area contributed by atoms with Crippen LogP contribution in [0, 0.1) is 6.92 Å². The topological polar surface area (TPSA) is 114 Å². The average molecular weight is 451 g/mol. The van der Waals surface area contributed by atoms with Crippen molar-refractivity contribution >= 4 is 57.3 Å². The molecule has 0 fully saturated rings. The number of ether oxygens (including phenoxy) is 2. The first-order chi connectivity index (χ1) is 14.3. The highest BCUT2D eigenvalue weighted by Crippen LogP contribution is 2.34. The van der Waals surface area contributed by atoms with Crippen LogP contribution in [0.5, 0.6) is 0 Å². The van der Waals surface area contributed by atoms with Crippen molar-refractivity contribution in [3.05, 3.63) is 45.8 Å². The van der Waals surface area contributed by atoms with Crippen LogP contribution in [-0.2, 0) is 20.7 Å². The minimum absolute atomic E-state index is 0.0724. The second kappa shape index (κ2) is 10.7. The van der Waals surface area contributed by atoms with Gasteiger partial charge in [0.1, 0.15) is 9.88 Å². The number of hydrogen-bond acceptors (Lipinski definition) is 7. The Labute approximate surface area is 183 Å². The SMILES string of the molecule is CCOC(=O)c1sc(NC(=S)Nc2ccc(CC(=O)O)cc2)c(C(=O)OCC)c1C. The molecule has 0 bridgehead atoms. The Balaban J connectivity index is 2.21. The predicted octanol–water partition coefficient (Wildman–Crippen LogP) is 3.85. The van der Waals surface area contributed by atoms with Crippen molar-refractivity contribution in [2.75, 3.05) is 23.8 Å². The van der Waals surface area contributed by atoms with Gasteiger partial charge in [0.05, 0.1) is 25.2 Å². The van der Waals surface area contributed by atoms with E-state index < -0.39 is 17.9 Å². The first kappa shape index (κ1) is 23.3. The van der Waals surface area contributed by atoms with Gasteiger partial charge >= 0.3 is 17.9 Å². The number of thiophene rings is 1. The van der Waals surface area contributed by atoms with E-state index in [0.29, 0.717) is 26.7 Å². The van der Waals surface area contributed by atoms with E-state index in [2.05, 4.69) is 10.6 Å². The molecule has 0 radical (unpaired) electrons. The van der Waals surface area contributed by atoms with E-state index in [1.807, 2.05) is 0 Å². The highest BCUT2D eigenvalue weighted by atomic mass is 32.1. The zero-order valence-electron chi connectivity index (χ0n) is 16.7. The summed E-state index contributed by atoms with van der Waals surface area (Å²) in [5.74, 6) is -2.00. The summed E-state index contributed by atoms with van der Waals surface area (Å²) in [5, 5.41) is 15.3. The Bertz CT molecular complexity index is 953. The molecule has 3 N–H and O–H groups in total. The molecular weight excluding hydrogens is 428 g/mol. The van der Waals surface area contributed by atoms with E-state index in [-0.39, 0.29) is 30.3 Å². The van der Waals surface area contributed by atoms with Crippen molar-refractivity contribution in [3.8, 4) is 0 Å². The average Bonchev–Trinajstić information content (AvgIpc) is 2.99. The number of rotatable bonds is 8. The van der Waals surface area contributed by atoms with Crippen LogP contribution in [0.2, 0.25) is 0 Å². The smallest absolute Gasteiger partial charge is 0.348 e. The van der Waals surface area contributed by atoms with Crippen LogP contribution in [0.3, 0.4) is 0 Å². The van der Waals surface area contributed by atoms with Gasteiger partial charge in [0, 0.05) is 5.69 Å². The molecule has 0 spiro atoms. The number of carboxylic acid groups (broad SMARTS) is 1. The number of aliphatic carboxylic acids is 1. The van der Waals surface area contributed by atoms with Gasteiger partial charge in [0.25, 0.3) is 0 Å². The lowest BCUT2D eigenvalue weighted by atomic mass is 10.1. The van der Waals surface area contributed by atoms with Crippen molar-refractivity contribution < 1.29 is 29.0 Å². The maximum absolute atomic E-state index is 12.4. The van der Waals surface area contributed by atoms with Crippen LogP contribution in [0.15, 0.2) is 24.3 Å². The Hall–Kier alpha value is -2.98. The van der Waals surface area contributed by atoms with Gasteiger partial charge in [-0.1, -0.05) is 12.1 Å². The summed E-state index contributed by atoms with van der Waals surface area (Å²) in [6, 6.07) is 6.75. The molecule has 0 saturated heterocycles. The van der Waals surface area contributed by atoms with Gasteiger partial charge in [0.15, 0.2) is 5.11 Å². The number of carbonyl (C=O) groups excluding carboxylic acids is 2. The van der Waals surface area contributed by atoms with Gasteiger partial charge in [-0.2, -0.15) is 0 Å². The summed E-state index contributed by atoms with van der Waals surface area (Å²) in [7, 11) is 0. The van der Waals surface area contributed by atoms with Crippen LogP contribution in [-0.4, -0.2) is 41.3 Å². The molecular formula is C20H22N2O6S2. The lowest BCUT2D eigenvalue weighted by Crippen LogP contribution is -2.20. The van der Waals surface area contributed by atoms with Crippen molar-refractivity contribution in [2.24, 2.45) is 0 Å². The molecule has 0 saturated carbocycles. The number of esters is 2. The molecule has 0 aliphatic carbocycles. The largest absolute Gasteiger partial charge is 0.481 e. The molecule has 2 rings (SSSR count). The number of carboxylic acids is 1. The van der Waals surface area contributed by atoms with E-state index >= 15 is 0 Å². The Morgan fingerprint density at radius 2 is 1.63 bits per heavy atom. The van der Waals surface area contributed by atoms with Crippen molar-refractivity contribution in [1.29, 1.82) is 0 Å². The lowest BCUT2D eigenvalue weighted by molar-refractivity contribution is -0.136. The van der Waals surface area contributed by atoms with Gasteiger partial charge in [-0.3, -0.25) is 4.79 Å². The van der Waals surface area contributed by atoms with Gasteiger partial charge in [0.2, 0.25) is 0 Å². The van der Waals surface area contributed by atoms with Crippen molar-refractivity contribution in [2.45, 2.75) is 27.2 Å². The van der Waals surface area contributed by atoms with Crippen LogP contribution < -0.4 is 10.6 Å². The minimum atomic E-state index is -0.912. The molecule has 1 heterocycles. The van der Waals surface area contributed by atoms with E-state index in [4.69, 9.17) is 26.8 Å². The molecule has 0 amide bonds. The summed E-state index contributed by atoms with van der Waals surface area (Å²) in [6.07, 6.45) is -0.0724. The maximum Gasteiger partial charge on any atom is 0.348 e. The molecule has 10 heteroatoms. The molecule has 8 nitrogen and oxygen atoms in total. The zero-order chi connectivity index (χ0) is 22.3. The van der Waals surface area contributed by atoms with Gasteiger partial charge in [-0.25, -0.2) is 9.59 Å². The third-order valence-electron chi connectivity index (χ3n) is 3.88. The third-order valence-corrected chi connectivity index (χ3v) is 5.27. The quantitative estimate of drug-likeness (QED) is 0.407. The maximum atomic E-state index is 12.4. The molecule has 0 aliphatic rings. The van der Waals surface area contributed by atoms with Crippen LogP contribution >= 0.6 is 23.6 Å². The summed E-state index contributed by atoms with van der Waals surface area (Å²) in [6.45, 7) is 5.45. The summed E-state index contributed by atoms with van der Waals surface area (Å²) < 4.78 is 10.2. The minimum Gasteiger partial charge on any atom is -0.481 e. The molecule has 160 valence electrons. The molecule has 1 aromatic heterocycles. The standard InChI is InChI=1S/C20H22N2O6S2/c1-4-27-18(25)15-11(3)16(19(26)28-5-2)30-17(15)22-20(29)21-13-8-6-12(7-9-13)10-14(23)24/h6-9H,4-5,10H2,1-3H3,(H,23,24)(H2,21,22,29). The number of hydrogen-bond donors (Lipinski definition) is 3. The van der Waals surface area contributed by atoms with E-state index in [1.165, 1.54) is 0 Å². The summed E-state index contributed by atoms with van der Waals surface area (Å²) >= 11 is 6.38. The zero-order valence-corrected chi connectivity index (χ0v) is 18.4. The monoisotopic (exact) mass is 450 g/mol. The van der Waals surface area contributed by atoms with Gasteiger partial charge < -0.3 is 25.2 Å². The van der Waals surface area contributed by atoms with E-state index in [1.54, 1.807) is 45.0 Å².